The molecule has 0 unspecified atom stereocenters. The van der Waals surface area contributed by atoms with Gasteiger partial charge >= 0.3 is 0 Å². The predicted octanol–water partition coefficient (Wildman–Crippen LogP) is 0.648. The molecule has 0 radical (unpaired) electrons. The smallest absolute Gasteiger partial charge is 0.0847 e. The molecule has 0 aliphatic rings. The van der Waals surface area contributed by atoms with E-state index in [9.17, 15) is 0 Å². The summed E-state index contributed by atoms with van der Waals surface area (Å²) in [5.41, 5.74) is -0.0471. The summed E-state index contributed by atoms with van der Waals surface area (Å²) in [6.45, 7) is 12.6. The van der Waals surface area contributed by atoms with Crippen molar-refractivity contribution in [3.05, 3.63) is 12.7 Å². The molecule has 0 amide bonds. The lowest BCUT2D eigenvalue weighted by molar-refractivity contribution is 0.304. The highest BCUT2D eigenvalue weighted by molar-refractivity contribution is 6.09. The highest BCUT2D eigenvalue weighted by atomic mass is 28.1. The van der Waals surface area contributed by atoms with Crippen LogP contribution in [0.25, 0.3) is 0 Å². The SMILES string of the molecule is C=CC(C[SiH3])(NC(C)C)NC(C)C. The zero-order valence-electron chi connectivity index (χ0n) is 9.65. The van der Waals surface area contributed by atoms with Crippen molar-refractivity contribution in [2.24, 2.45) is 0 Å². The average molecular weight is 200 g/mol. The van der Waals surface area contributed by atoms with Crippen molar-refractivity contribution in [2.45, 2.75) is 51.5 Å². The summed E-state index contributed by atoms with van der Waals surface area (Å²) in [7, 11) is 1.17. The Morgan fingerprint density at radius 1 is 1.23 bits per heavy atom. The second-order valence-corrected chi connectivity index (χ2v) is 4.83. The fourth-order valence-corrected chi connectivity index (χ4v) is 2.24. The third kappa shape index (κ3) is 4.60. The van der Waals surface area contributed by atoms with Crippen molar-refractivity contribution in [1.82, 2.24) is 10.6 Å². The Balaban J connectivity index is 4.39. The Hall–Kier alpha value is -0.123. The van der Waals surface area contributed by atoms with E-state index in [1.165, 1.54) is 10.2 Å². The molecule has 13 heavy (non-hydrogen) atoms. The zero-order valence-corrected chi connectivity index (χ0v) is 11.6. The lowest BCUT2D eigenvalue weighted by atomic mass is 10.1. The van der Waals surface area contributed by atoms with Gasteiger partial charge in [0.25, 0.3) is 0 Å². The molecule has 3 heteroatoms. The monoisotopic (exact) mass is 200 g/mol. The van der Waals surface area contributed by atoms with Gasteiger partial charge in [-0.25, -0.2) is 0 Å². The van der Waals surface area contributed by atoms with E-state index in [4.69, 9.17) is 0 Å². The molecule has 0 saturated heterocycles. The molecule has 0 spiro atoms. The van der Waals surface area contributed by atoms with Crippen LogP contribution in [0.15, 0.2) is 12.7 Å². The van der Waals surface area contributed by atoms with Crippen molar-refractivity contribution in [2.75, 3.05) is 0 Å². The third-order valence-electron chi connectivity index (χ3n) is 2.00. The second-order valence-electron chi connectivity index (χ2n) is 4.13. The van der Waals surface area contributed by atoms with E-state index in [-0.39, 0.29) is 5.66 Å². The standard InChI is InChI=1S/C10H24N2Si/c1-6-10(7-13,11-8(2)3)12-9(4)5/h6,8-9,11-12H,1,7H2,2-5,13H3. The van der Waals surface area contributed by atoms with Crippen LogP contribution >= 0.6 is 0 Å². The minimum atomic E-state index is -0.0471. The minimum Gasteiger partial charge on any atom is -0.294 e. The maximum Gasteiger partial charge on any atom is 0.0847 e. The Labute approximate surface area is 85.6 Å². The van der Waals surface area contributed by atoms with Gasteiger partial charge in [-0.1, -0.05) is 12.7 Å². The molecule has 0 aliphatic heterocycles. The second kappa shape index (κ2) is 5.57. The van der Waals surface area contributed by atoms with Crippen LogP contribution in [-0.2, 0) is 0 Å². The Kier molecular flexibility index (Phi) is 5.52. The maximum absolute atomic E-state index is 3.91. The molecule has 2 nitrogen and oxygen atoms in total. The molecular formula is C10H24N2Si. The van der Waals surface area contributed by atoms with E-state index in [2.05, 4.69) is 44.9 Å². The van der Waals surface area contributed by atoms with Crippen LogP contribution in [0, 0.1) is 0 Å². The van der Waals surface area contributed by atoms with Gasteiger partial charge in [0.05, 0.1) is 5.66 Å². The Morgan fingerprint density at radius 2 is 1.62 bits per heavy atom. The number of hydrogen-bond acceptors (Lipinski definition) is 2. The normalized spacial score (nSPS) is 12.8. The van der Waals surface area contributed by atoms with Gasteiger partial charge in [0.2, 0.25) is 0 Å². The first-order valence-electron chi connectivity index (χ1n) is 5.14. The lowest BCUT2D eigenvalue weighted by Gasteiger charge is -2.36. The maximum atomic E-state index is 3.91. The highest BCUT2D eigenvalue weighted by Crippen LogP contribution is 2.09. The third-order valence-corrected chi connectivity index (χ3v) is 3.11. The molecule has 0 aliphatic carbocycles. The molecule has 0 bridgehead atoms. The van der Waals surface area contributed by atoms with Crippen molar-refractivity contribution in [3.8, 4) is 0 Å². The topological polar surface area (TPSA) is 24.1 Å². The first-order valence-corrected chi connectivity index (χ1v) is 6.56. The van der Waals surface area contributed by atoms with Crippen molar-refractivity contribution >= 4 is 10.2 Å². The highest BCUT2D eigenvalue weighted by Gasteiger charge is 2.24. The zero-order chi connectivity index (χ0) is 10.5. The van der Waals surface area contributed by atoms with Gasteiger partial charge in [0.1, 0.15) is 0 Å². The Morgan fingerprint density at radius 3 is 1.77 bits per heavy atom. The molecular weight excluding hydrogens is 176 g/mol. The van der Waals surface area contributed by atoms with E-state index in [0.717, 1.165) is 6.04 Å². The summed E-state index contributed by atoms with van der Waals surface area (Å²) < 4.78 is 0. The van der Waals surface area contributed by atoms with Gasteiger partial charge in [-0.2, -0.15) is 0 Å². The van der Waals surface area contributed by atoms with Crippen LogP contribution in [-0.4, -0.2) is 28.0 Å². The van der Waals surface area contributed by atoms with Crippen molar-refractivity contribution in [3.63, 3.8) is 0 Å². The fourth-order valence-electron chi connectivity index (χ4n) is 1.54. The van der Waals surface area contributed by atoms with Gasteiger partial charge < -0.3 is 0 Å². The molecule has 0 atom stereocenters. The van der Waals surface area contributed by atoms with E-state index in [1.807, 2.05) is 6.08 Å². The van der Waals surface area contributed by atoms with Gasteiger partial charge in [-0.3, -0.25) is 10.6 Å². The van der Waals surface area contributed by atoms with Gasteiger partial charge in [0.15, 0.2) is 0 Å². The van der Waals surface area contributed by atoms with Crippen LogP contribution in [0.5, 0.6) is 0 Å². The van der Waals surface area contributed by atoms with Crippen molar-refractivity contribution < 1.29 is 0 Å². The summed E-state index contributed by atoms with van der Waals surface area (Å²) in [4.78, 5) is 0. The predicted molar refractivity (Wildman–Crippen MR) is 64.2 cm³/mol. The quantitative estimate of drug-likeness (QED) is 0.374. The first-order chi connectivity index (χ1) is 5.95. The molecule has 0 aromatic carbocycles. The lowest BCUT2D eigenvalue weighted by Crippen LogP contribution is -2.59. The number of hydrogen-bond donors (Lipinski definition) is 2. The minimum absolute atomic E-state index is 0.0471. The molecule has 2 N–H and O–H groups in total. The molecule has 0 rings (SSSR count). The van der Waals surface area contributed by atoms with E-state index in [0.29, 0.717) is 12.1 Å². The summed E-state index contributed by atoms with van der Waals surface area (Å²) in [6, 6.07) is 2.11. The summed E-state index contributed by atoms with van der Waals surface area (Å²) in [5.74, 6) is 0. The van der Waals surface area contributed by atoms with Crippen LogP contribution in [0.1, 0.15) is 27.7 Å². The van der Waals surface area contributed by atoms with E-state index in [1.54, 1.807) is 0 Å². The van der Waals surface area contributed by atoms with Crippen molar-refractivity contribution in [1.29, 1.82) is 0 Å². The summed E-state index contributed by atoms with van der Waals surface area (Å²) in [5, 5.41) is 7.06. The molecule has 0 aromatic rings. The van der Waals surface area contributed by atoms with E-state index >= 15 is 0 Å². The van der Waals surface area contributed by atoms with E-state index < -0.39 is 0 Å². The first kappa shape index (κ1) is 12.9. The molecule has 0 heterocycles. The summed E-state index contributed by atoms with van der Waals surface area (Å²) >= 11 is 0. The van der Waals surface area contributed by atoms with Crippen LogP contribution in [0.3, 0.4) is 0 Å². The summed E-state index contributed by atoms with van der Waals surface area (Å²) in [6.07, 6.45) is 2.00. The molecule has 0 aromatic heterocycles. The van der Waals surface area contributed by atoms with Gasteiger partial charge in [-0.15, -0.1) is 0 Å². The average Bonchev–Trinajstić information content (AvgIpc) is 2.01. The molecule has 0 saturated carbocycles. The van der Waals surface area contributed by atoms with Crippen LogP contribution < -0.4 is 10.6 Å². The van der Waals surface area contributed by atoms with Crippen LogP contribution in [0.4, 0.5) is 0 Å². The molecule has 78 valence electrons. The number of rotatable bonds is 6. The van der Waals surface area contributed by atoms with Gasteiger partial charge in [-0.05, 0) is 33.7 Å². The Bertz CT molecular complexity index is 145. The fraction of sp³-hybridized carbons (Fsp3) is 0.800. The largest absolute Gasteiger partial charge is 0.294 e. The molecule has 0 fully saturated rings. The van der Waals surface area contributed by atoms with Gasteiger partial charge in [0, 0.05) is 22.3 Å². The number of nitrogens with one attached hydrogen (secondary N) is 2. The van der Waals surface area contributed by atoms with Crippen LogP contribution in [0.2, 0.25) is 6.04 Å².